The SMILES string of the molecule is Cc1nsc(-c2nnc3n2CCN(C(=O)c2ccc4[nH]ncc4c2)[C@@H]3C)n1. The second-order valence-electron chi connectivity index (χ2n) is 6.53. The lowest BCUT2D eigenvalue weighted by Gasteiger charge is -2.33. The van der Waals surface area contributed by atoms with E-state index < -0.39 is 0 Å². The number of aromatic nitrogens is 7. The summed E-state index contributed by atoms with van der Waals surface area (Å²) in [5.74, 6) is 2.19. The van der Waals surface area contributed by atoms with Gasteiger partial charge in [0.1, 0.15) is 5.82 Å². The number of rotatable bonds is 2. The van der Waals surface area contributed by atoms with Gasteiger partial charge in [0.25, 0.3) is 5.91 Å². The quantitative estimate of drug-likeness (QED) is 0.571. The summed E-state index contributed by atoms with van der Waals surface area (Å²) < 4.78 is 6.26. The smallest absolute Gasteiger partial charge is 0.254 e. The van der Waals surface area contributed by atoms with Crippen molar-refractivity contribution in [1.82, 2.24) is 39.2 Å². The highest BCUT2D eigenvalue weighted by Crippen LogP contribution is 2.30. The molecule has 136 valence electrons. The number of nitrogens with zero attached hydrogens (tertiary/aromatic N) is 7. The molecule has 1 atom stereocenters. The summed E-state index contributed by atoms with van der Waals surface area (Å²) in [6, 6.07) is 5.39. The molecule has 1 aromatic carbocycles. The molecule has 27 heavy (non-hydrogen) atoms. The van der Waals surface area contributed by atoms with Crippen molar-refractivity contribution in [2.24, 2.45) is 0 Å². The molecule has 4 aromatic rings. The lowest BCUT2D eigenvalue weighted by atomic mass is 10.1. The maximum absolute atomic E-state index is 13.1. The molecule has 1 amide bonds. The number of amides is 1. The van der Waals surface area contributed by atoms with Gasteiger partial charge in [0.05, 0.1) is 17.8 Å². The molecular formula is C17H16N8OS. The molecule has 5 rings (SSSR count). The average Bonchev–Trinajstić information content (AvgIpc) is 3.39. The zero-order valence-corrected chi connectivity index (χ0v) is 15.6. The number of carbonyl (C=O) groups is 1. The molecule has 0 fully saturated rings. The standard InChI is InChI=1S/C17H16N8OS/c1-9-14-21-22-15(16-19-10(2)23-27-16)25(14)6-5-24(9)17(26)11-3-4-13-12(7-11)8-18-20-13/h3-4,7-9H,5-6H2,1-2H3,(H,18,20)/t9-/m1/s1. The van der Waals surface area contributed by atoms with Crippen molar-refractivity contribution in [3.8, 4) is 10.8 Å². The Morgan fingerprint density at radius 2 is 2.19 bits per heavy atom. The number of hydrogen-bond donors (Lipinski definition) is 1. The summed E-state index contributed by atoms with van der Waals surface area (Å²) in [5.41, 5.74) is 1.55. The minimum Gasteiger partial charge on any atom is -0.327 e. The average molecular weight is 380 g/mol. The molecule has 0 aliphatic carbocycles. The second-order valence-corrected chi connectivity index (χ2v) is 7.28. The third-order valence-electron chi connectivity index (χ3n) is 4.85. The molecule has 1 aliphatic rings. The molecule has 3 aromatic heterocycles. The van der Waals surface area contributed by atoms with Crippen LogP contribution in [0.2, 0.25) is 0 Å². The van der Waals surface area contributed by atoms with E-state index in [-0.39, 0.29) is 11.9 Å². The van der Waals surface area contributed by atoms with E-state index in [0.717, 1.165) is 33.4 Å². The highest BCUT2D eigenvalue weighted by molar-refractivity contribution is 7.09. The number of benzene rings is 1. The van der Waals surface area contributed by atoms with Crippen molar-refractivity contribution in [1.29, 1.82) is 0 Å². The number of aryl methyl sites for hydroxylation is 1. The van der Waals surface area contributed by atoms with Crippen LogP contribution >= 0.6 is 11.5 Å². The van der Waals surface area contributed by atoms with Crippen LogP contribution in [-0.4, -0.2) is 51.7 Å². The number of H-pyrrole nitrogens is 1. The molecule has 0 unspecified atom stereocenters. The molecule has 4 heterocycles. The fourth-order valence-corrected chi connectivity index (χ4v) is 4.12. The minimum absolute atomic E-state index is 0.0202. The van der Waals surface area contributed by atoms with Crippen LogP contribution < -0.4 is 0 Å². The minimum atomic E-state index is -0.179. The summed E-state index contributed by atoms with van der Waals surface area (Å²) in [6.07, 6.45) is 1.72. The van der Waals surface area contributed by atoms with Crippen LogP contribution in [0.4, 0.5) is 0 Å². The van der Waals surface area contributed by atoms with Crippen LogP contribution in [0, 0.1) is 6.92 Å². The Balaban J connectivity index is 1.46. The van der Waals surface area contributed by atoms with Crippen molar-refractivity contribution in [2.75, 3.05) is 6.54 Å². The van der Waals surface area contributed by atoms with E-state index in [0.29, 0.717) is 18.7 Å². The zero-order chi connectivity index (χ0) is 18.5. The number of carbonyl (C=O) groups excluding carboxylic acids is 1. The molecule has 0 radical (unpaired) electrons. The van der Waals surface area contributed by atoms with Gasteiger partial charge in [-0.25, -0.2) is 4.98 Å². The summed E-state index contributed by atoms with van der Waals surface area (Å²) in [6.45, 7) is 5.04. The van der Waals surface area contributed by atoms with Crippen LogP contribution in [-0.2, 0) is 6.54 Å². The third-order valence-corrected chi connectivity index (χ3v) is 5.65. The number of hydrogen-bond acceptors (Lipinski definition) is 7. The van der Waals surface area contributed by atoms with Gasteiger partial charge in [-0.3, -0.25) is 9.89 Å². The maximum Gasteiger partial charge on any atom is 0.254 e. The molecule has 0 spiro atoms. The van der Waals surface area contributed by atoms with Crippen molar-refractivity contribution in [2.45, 2.75) is 26.4 Å². The molecule has 0 saturated heterocycles. The lowest BCUT2D eigenvalue weighted by molar-refractivity contribution is 0.0638. The van der Waals surface area contributed by atoms with Crippen molar-refractivity contribution in [3.63, 3.8) is 0 Å². The Morgan fingerprint density at radius 3 is 3.00 bits per heavy atom. The van der Waals surface area contributed by atoms with E-state index in [4.69, 9.17) is 0 Å². The summed E-state index contributed by atoms with van der Waals surface area (Å²) in [7, 11) is 0. The Kier molecular flexibility index (Phi) is 3.54. The Morgan fingerprint density at radius 1 is 1.30 bits per heavy atom. The first-order valence-corrected chi connectivity index (χ1v) is 9.37. The van der Waals surface area contributed by atoms with Crippen molar-refractivity contribution >= 4 is 28.3 Å². The Labute approximate surface area is 158 Å². The summed E-state index contributed by atoms with van der Waals surface area (Å²) in [5, 5.41) is 17.2. The first-order valence-electron chi connectivity index (χ1n) is 8.59. The van der Waals surface area contributed by atoms with E-state index in [2.05, 4.69) is 29.8 Å². The summed E-state index contributed by atoms with van der Waals surface area (Å²) >= 11 is 1.31. The van der Waals surface area contributed by atoms with Crippen LogP contribution in [0.25, 0.3) is 21.7 Å². The molecule has 1 aliphatic heterocycles. The topological polar surface area (TPSA) is 105 Å². The van der Waals surface area contributed by atoms with E-state index in [1.165, 1.54) is 11.5 Å². The van der Waals surface area contributed by atoms with E-state index in [1.807, 2.05) is 41.5 Å². The fraction of sp³-hybridized carbons (Fsp3) is 0.294. The second kappa shape index (κ2) is 5.95. The molecule has 9 nitrogen and oxygen atoms in total. The van der Waals surface area contributed by atoms with Crippen LogP contribution in [0.5, 0.6) is 0 Å². The third kappa shape index (κ3) is 2.52. The van der Waals surface area contributed by atoms with Gasteiger partial charge in [0, 0.05) is 24.0 Å². The molecule has 0 bridgehead atoms. The molecule has 0 saturated carbocycles. The highest BCUT2D eigenvalue weighted by atomic mass is 32.1. The molecule has 10 heteroatoms. The Bertz CT molecular complexity index is 1160. The molecular weight excluding hydrogens is 364 g/mol. The van der Waals surface area contributed by atoms with Gasteiger partial charge in [-0.1, -0.05) is 0 Å². The number of nitrogens with one attached hydrogen (secondary N) is 1. The fourth-order valence-electron chi connectivity index (χ4n) is 3.45. The predicted octanol–water partition coefficient (Wildman–Crippen LogP) is 2.20. The highest BCUT2D eigenvalue weighted by Gasteiger charge is 2.32. The van der Waals surface area contributed by atoms with Gasteiger partial charge in [-0.15, -0.1) is 10.2 Å². The number of fused-ring (bicyclic) bond motifs is 2. The van der Waals surface area contributed by atoms with Crippen molar-refractivity contribution in [3.05, 3.63) is 41.6 Å². The van der Waals surface area contributed by atoms with Gasteiger partial charge in [0.2, 0.25) is 0 Å². The summed E-state index contributed by atoms with van der Waals surface area (Å²) in [4.78, 5) is 19.3. The normalized spacial score (nSPS) is 16.7. The van der Waals surface area contributed by atoms with E-state index >= 15 is 0 Å². The largest absolute Gasteiger partial charge is 0.327 e. The van der Waals surface area contributed by atoms with Crippen molar-refractivity contribution < 1.29 is 4.79 Å². The van der Waals surface area contributed by atoms with E-state index in [1.54, 1.807) is 6.20 Å². The van der Waals surface area contributed by atoms with Gasteiger partial charge in [-0.05, 0) is 43.6 Å². The van der Waals surface area contributed by atoms with E-state index in [9.17, 15) is 4.79 Å². The van der Waals surface area contributed by atoms with Crippen LogP contribution in [0.1, 0.15) is 35.0 Å². The molecule has 1 N–H and O–H groups in total. The van der Waals surface area contributed by atoms with Gasteiger partial charge in [-0.2, -0.15) is 9.47 Å². The van der Waals surface area contributed by atoms with Gasteiger partial charge >= 0.3 is 0 Å². The zero-order valence-electron chi connectivity index (χ0n) is 14.7. The predicted molar refractivity (Wildman–Crippen MR) is 99.2 cm³/mol. The Hall–Kier alpha value is -3.14. The monoisotopic (exact) mass is 380 g/mol. The van der Waals surface area contributed by atoms with Gasteiger partial charge in [0.15, 0.2) is 16.7 Å². The first-order chi connectivity index (χ1) is 13.1. The van der Waals surface area contributed by atoms with Gasteiger partial charge < -0.3 is 9.47 Å². The van der Waals surface area contributed by atoms with Crippen LogP contribution in [0.3, 0.4) is 0 Å². The lowest BCUT2D eigenvalue weighted by Crippen LogP contribution is -2.41. The number of aromatic amines is 1. The first kappa shape index (κ1) is 16.1. The maximum atomic E-state index is 13.1. The van der Waals surface area contributed by atoms with Crippen LogP contribution in [0.15, 0.2) is 24.4 Å².